The summed E-state index contributed by atoms with van der Waals surface area (Å²) < 4.78 is 1.56. The first-order valence-electron chi connectivity index (χ1n) is 4.45. The molecule has 0 radical (unpaired) electrons. The van der Waals surface area contributed by atoms with E-state index in [0.717, 1.165) is 5.56 Å². The summed E-state index contributed by atoms with van der Waals surface area (Å²) in [6.07, 6.45) is 1.42. The molecule has 76 valence electrons. The monoisotopic (exact) mass is 202 g/mol. The molecule has 1 aromatic carbocycles. The van der Waals surface area contributed by atoms with Gasteiger partial charge in [-0.2, -0.15) is 5.10 Å². The van der Waals surface area contributed by atoms with Crippen LogP contribution in [0.4, 0.5) is 0 Å². The van der Waals surface area contributed by atoms with Crippen LogP contribution in [-0.2, 0) is 7.05 Å². The van der Waals surface area contributed by atoms with Crippen LogP contribution in [0, 0.1) is 0 Å². The first kappa shape index (κ1) is 9.39. The summed E-state index contributed by atoms with van der Waals surface area (Å²) in [4.78, 5) is 4.02. The molecule has 1 heterocycles. The van der Waals surface area contributed by atoms with E-state index >= 15 is 0 Å². The maximum atomic E-state index is 8.98. The minimum atomic E-state index is 0.413. The average molecular weight is 202 g/mol. The average Bonchev–Trinajstić information content (AvgIpc) is 2.68. The summed E-state index contributed by atoms with van der Waals surface area (Å²) in [5.41, 5.74) is 1.21. The largest absolute Gasteiger partial charge is 0.410 e. The van der Waals surface area contributed by atoms with Crippen molar-refractivity contribution in [2.24, 2.45) is 12.2 Å². The van der Waals surface area contributed by atoms with Crippen molar-refractivity contribution in [1.29, 1.82) is 0 Å². The number of hydrogen-bond acceptors (Lipinski definition) is 4. The van der Waals surface area contributed by atoms with E-state index in [1.54, 1.807) is 11.7 Å². The molecule has 5 nitrogen and oxygen atoms in total. The number of benzene rings is 1. The molecule has 0 fully saturated rings. The van der Waals surface area contributed by atoms with Crippen LogP contribution in [0.25, 0.3) is 0 Å². The standard InChI is InChI=1S/C10H10N4O/c1-14-10(11-7-12-14)9(13-15)8-5-3-2-4-6-8/h2-7,15H,1H3. The van der Waals surface area contributed by atoms with Gasteiger partial charge in [-0.1, -0.05) is 35.5 Å². The van der Waals surface area contributed by atoms with Crippen molar-refractivity contribution in [2.75, 3.05) is 0 Å². The maximum absolute atomic E-state index is 8.98. The molecular weight excluding hydrogens is 192 g/mol. The van der Waals surface area contributed by atoms with Crippen LogP contribution in [0.5, 0.6) is 0 Å². The fraction of sp³-hybridized carbons (Fsp3) is 0.100. The van der Waals surface area contributed by atoms with E-state index < -0.39 is 0 Å². The van der Waals surface area contributed by atoms with Gasteiger partial charge in [-0.05, 0) is 0 Å². The second-order valence-corrected chi connectivity index (χ2v) is 3.02. The van der Waals surface area contributed by atoms with Crippen molar-refractivity contribution in [2.45, 2.75) is 0 Å². The number of aryl methyl sites for hydroxylation is 1. The molecule has 1 N–H and O–H groups in total. The van der Waals surface area contributed by atoms with Gasteiger partial charge in [-0.3, -0.25) is 0 Å². The third-order valence-corrected chi connectivity index (χ3v) is 2.07. The highest BCUT2D eigenvalue weighted by Crippen LogP contribution is 2.07. The smallest absolute Gasteiger partial charge is 0.180 e. The highest BCUT2D eigenvalue weighted by molar-refractivity contribution is 6.10. The summed E-state index contributed by atoms with van der Waals surface area (Å²) in [5.74, 6) is 0.531. The van der Waals surface area contributed by atoms with Crippen LogP contribution in [0.3, 0.4) is 0 Å². The highest BCUT2D eigenvalue weighted by Gasteiger charge is 2.12. The Kier molecular flexibility index (Phi) is 2.45. The molecule has 2 rings (SSSR count). The number of nitrogens with zero attached hydrogens (tertiary/aromatic N) is 4. The first-order chi connectivity index (χ1) is 7.33. The normalized spacial score (nSPS) is 11.7. The van der Waals surface area contributed by atoms with Gasteiger partial charge in [-0.15, -0.1) is 0 Å². The van der Waals surface area contributed by atoms with Crippen molar-refractivity contribution >= 4 is 5.71 Å². The molecule has 5 heteroatoms. The van der Waals surface area contributed by atoms with Crippen molar-refractivity contribution in [1.82, 2.24) is 14.8 Å². The van der Waals surface area contributed by atoms with Gasteiger partial charge in [0.1, 0.15) is 6.33 Å². The summed E-state index contributed by atoms with van der Waals surface area (Å²) in [6.45, 7) is 0. The minimum Gasteiger partial charge on any atom is -0.410 e. The van der Waals surface area contributed by atoms with Crippen molar-refractivity contribution in [3.63, 3.8) is 0 Å². The molecule has 0 saturated heterocycles. The molecule has 0 spiro atoms. The summed E-state index contributed by atoms with van der Waals surface area (Å²) in [7, 11) is 1.75. The second-order valence-electron chi connectivity index (χ2n) is 3.02. The second kappa shape index (κ2) is 3.91. The Balaban J connectivity index is 2.48. The van der Waals surface area contributed by atoms with Crippen molar-refractivity contribution < 1.29 is 5.21 Å². The van der Waals surface area contributed by atoms with Gasteiger partial charge in [0.2, 0.25) is 0 Å². The molecule has 0 aliphatic heterocycles. The van der Waals surface area contributed by atoms with Crippen LogP contribution in [0.1, 0.15) is 11.4 Å². The Morgan fingerprint density at radius 2 is 2.07 bits per heavy atom. The molecule has 0 atom stereocenters. The van der Waals surface area contributed by atoms with Gasteiger partial charge < -0.3 is 5.21 Å². The van der Waals surface area contributed by atoms with Crippen molar-refractivity contribution in [3.05, 3.63) is 48.0 Å². The Labute approximate surface area is 86.7 Å². The van der Waals surface area contributed by atoms with Crippen LogP contribution >= 0.6 is 0 Å². The summed E-state index contributed by atoms with van der Waals surface area (Å²) in [5, 5.41) is 16.2. The van der Waals surface area contributed by atoms with Gasteiger partial charge in [0, 0.05) is 12.6 Å². The SMILES string of the molecule is Cn1ncnc1C(=NO)c1ccccc1. The molecule has 1 aromatic heterocycles. The van der Waals surface area contributed by atoms with Gasteiger partial charge in [0.25, 0.3) is 0 Å². The van der Waals surface area contributed by atoms with E-state index in [-0.39, 0.29) is 0 Å². The highest BCUT2D eigenvalue weighted by atomic mass is 16.4. The number of oxime groups is 1. The topological polar surface area (TPSA) is 63.3 Å². The maximum Gasteiger partial charge on any atom is 0.180 e. The predicted octanol–water partition coefficient (Wildman–Crippen LogP) is 1.04. The Hall–Kier alpha value is -2.17. The lowest BCUT2D eigenvalue weighted by Gasteiger charge is -2.02. The molecule has 0 saturated carbocycles. The fourth-order valence-electron chi connectivity index (χ4n) is 1.34. The molecule has 0 unspecified atom stereocenters. The van der Waals surface area contributed by atoms with E-state index in [1.165, 1.54) is 6.33 Å². The molecule has 0 aliphatic carbocycles. The van der Waals surface area contributed by atoms with Gasteiger partial charge >= 0.3 is 0 Å². The lowest BCUT2D eigenvalue weighted by molar-refractivity contribution is 0.319. The predicted molar refractivity (Wildman–Crippen MR) is 54.9 cm³/mol. The minimum absolute atomic E-state index is 0.413. The summed E-state index contributed by atoms with van der Waals surface area (Å²) in [6, 6.07) is 9.34. The van der Waals surface area contributed by atoms with Crippen LogP contribution < -0.4 is 0 Å². The van der Waals surface area contributed by atoms with E-state index in [9.17, 15) is 0 Å². The zero-order valence-corrected chi connectivity index (χ0v) is 8.20. The molecule has 0 amide bonds. The molecule has 2 aromatic rings. The third kappa shape index (κ3) is 1.71. The lowest BCUT2D eigenvalue weighted by atomic mass is 10.1. The Bertz CT molecular complexity index is 475. The number of hydrogen-bond donors (Lipinski definition) is 1. The van der Waals surface area contributed by atoms with Crippen LogP contribution in [0.15, 0.2) is 41.8 Å². The zero-order valence-electron chi connectivity index (χ0n) is 8.20. The van der Waals surface area contributed by atoms with Crippen LogP contribution in [-0.4, -0.2) is 25.7 Å². The lowest BCUT2D eigenvalue weighted by Crippen LogP contribution is -2.11. The van der Waals surface area contributed by atoms with E-state index in [2.05, 4.69) is 15.2 Å². The Morgan fingerprint density at radius 1 is 1.33 bits per heavy atom. The fourth-order valence-corrected chi connectivity index (χ4v) is 1.34. The third-order valence-electron chi connectivity index (χ3n) is 2.07. The molecule has 0 bridgehead atoms. The number of rotatable bonds is 2. The van der Waals surface area contributed by atoms with Crippen molar-refractivity contribution in [3.8, 4) is 0 Å². The molecular formula is C10H10N4O. The summed E-state index contributed by atoms with van der Waals surface area (Å²) >= 11 is 0. The first-order valence-corrected chi connectivity index (χ1v) is 4.45. The number of aromatic nitrogens is 3. The van der Waals surface area contributed by atoms with E-state index in [0.29, 0.717) is 11.5 Å². The Morgan fingerprint density at radius 3 is 2.60 bits per heavy atom. The zero-order chi connectivity index (χ0) is 10.7. The van der Waals surface area contributed by atoms with Gasteiger partial charge in [-0.25, -0.2) is 9.67 Å². The van der Waals surface area contributed by atoms with Gasteiger partial charge in [0.05, 0.1) is 0 Å². The van der Waals surface area contributed by atoms with Gasteiger partial charge in [0.15, 0.2) is 11.5 Å². The van der Waals surface area contributed by atoms with Crippen LogP contribution in [0.2, 0.25) is 0 Å². The molecule has 0 aliphatic rings. The molecule has 15 heavy (non-hydrogen) atoms. The quantitative estimate of drug-likeness (QED) is 0.449. The van der Waals surface area contributed by atoms with E-state index in [1.807, 2.05) is 30.3 Å². The van der Waals surface area contributed by atoms with E-state index in [4.69, 9.17) is 5.21 Å².